The molecule has 1 rings (SSSR count). The fourth-order valence-electron chi connectivity index (χ4n) is 2.78. The van der Waals surface area contributed by atoms with Gasteiger partial charge in [-0.1, -0.05) is 49.8 Å². The van der Waals surface area contributed by atoms with E-state index in [2.05, 4.69) is 19.9 Å². The average Bonchev–Trinajstić information content (AvgIpc) is 2.42. The van der Waals surface area contributed by atoms with Crippen LogP contribution < -0.4 is 0 Å². The summed E-state index contributed by atoms with van der Waals surface area (Å²) in [5.41, 5.74) is 4.11. The van der Waals surface area contributed by atoms with Crippen LogP contribution in [-0.2, 0) is 4.79 Å². The first-order valence-corrected chi connectivity index (χ1v) is 7.97. The largest absolute Gasteiger partial charge is 0.478 e. The molecule has 1 aliphatic rings. The molecule has 1 atom stereocenters. The van der Waals surface area contributed by atoms with Crippen molar-refractivity contribution >= 4 is 5.97 Å². The van der Waals surface area contributed by atoms with Crippen molar-refractivity contribution in [1.29, 1.82) is 0 Å². The van der Waals surface area contributed by atoms with Crippen molar-refractivity contribution in [2.45, 2.75) is 53.6 Å². The minimum atomic E-state index is -0.937. The van der Waals surface area contributed by atoms with Crippen LogP contribution in [0.4, 0.5) is 0 Å². The quantitative estimate of drug-likeness (QED) is 0.577. The third kappa shape index (κ3) is 6.03. The van der Waals surface area contributed by atoms with Crippen molar-refractivity contribution < 1.29 is 15.0 Å². The summed E-state index contributed by atoms with van der Waals surface area (Å²) in [6.07, 6.45) is 12.3. The van der Waals surface area contributed by atoms with E-state index in [-0.39, 0.29) is 11.5 Å². The molecule has 23 heavy (non-hydrogen) atoms. The Labute approximate surface area is 139 Å². The average molecular weight is 316 g/mol. The molecule has 0 aromatic rings. The molecule has 0 spiro atoms. The lowest BCUT2D eigenvalue weighted by Gasteiger charge is -2.35. The molecule has 0 bridgehead atoms. The zero-order chi connectivity index (χ0) is 17.6. The van der Waals surface area contributed by atoms with E-state index < -0.39 is 5.97 Å². The lowest BCUT2D eigenvalue weighted by atomic mass is 9.71. The van der Waals surface area contributed by atoms with Gasteiger partial charge >= 0.3 is 5.97 Å². The summed E-state index contributed by atoms with van der Waals surface area (Å²) >= 11 is 0. The van der Waals surface area contributed by atoms with Gasteiger partial charge in [0.2, 0.25) is 0 Å². The molecule has 0 saturated heterocycles. The number of hydrogen-bond donors (Lipinski definition) is 2. The SMILES string of the molecule is CC1=C(\C=C/C(C)=C/C=C/C(C)=C\C(=O)O)C(C)(C)CC[C@@H]1O. The van der Waals surface area contributed by atoms with E-state index in [0.29, 0.717) is 5.57 Å². The summed E-state index contributed by atoms with van der Waals surface area (Å²) in [4.78, 5) is 10.5. The smallest absolute Gasteiger partial charge is 0.328 e. The molecule has 1 aliphatic carbocycles. The number of hydrogen-bond acceptors (Lipinski definition) is 2. The minimum Gasteiger partial charge on any atom is -0.478 e. The highest BCUT2D eigenvalue weighted by Gasteiger charge is 2.30. The molecule has 0 heterocycles. The summed E-state index contributed by atoms with van der Waals surface area (Å²) in [7, 11) is 0. The Balaban J connectivity index is 2.87. The number of aliphatic carboxylic acids is 1. The van der Waals surface area contributed by atoms with Gasteiger partial charge < -0.3 is 10.2 Å². The lowest BCUT2D eigenvalue weighted by Crippen LogP contribution is -2.27. The Morgan fingerprint density at radius 3 is 2.48 bits per heavy atom. The maximum Gasteiger partial charge on any atom is 0.328 e. The molecule has 0 aromatic heterocycles. The van der Waals surface area contributed by atoms with Gasteiger partial charge in [0, 0.05) is 6.08 Å². The van der Waals surface area contributed by atoms with Crippen LogP contribution in [0.25, 0.3) is 0 Å². The third-order valence-electron chi connectivity index (χ3n) is 4.28. The van der Waals surface area contributed by atoms with E-state index >= 15 is 0 Å². The van der Waals surface area contributed by atoms with Crippen LogP contribution in [0.1, 0.15) is 47.5 Å². The second-order valence-electron chi connectivity index (χ2n) is 6.86. The number of carboxylic acids is 1. The zero-order valence-electron chi connectivity index (χ0n) is 14.8. The van der Waals surface area contributed by atoms with E-state index in [0.717, 1.165) is 24.0 Å². The number of carbonyl (C=O) groups is 1. The summed E-state index contributed by atoms with van der Waals surface area (Å²) in [6.45, 7) is 10.2. The summed E-state index contributed by atoms with van der Waals surface area (Å²) in [5, 5.41) is 18.7. The topological polar surface area (TPSA) is 57.5 Å². The standard InChI is InChI=1S/C20H28O3/c1-14(7-6-8-15(2)13-19(22)23)9-10-17-16(3)18(21)11-12-20(17,4)5/h6-10,13,18,21H,11-12H2,1-5H3,(H,22,23)/b8-6+,10-9-,14-7+,15-13-/t18-/m0/s1. The Bertz CT molecular complexity index is 598. The fourth-order valence-corrected chi connectivity index (χ4v) is 2.78. The van der Waals surface area contributed by atoms with Crippen molar-refractivity contribution in [2.75, 3.05) is 0 Å². The van der Waals surface area contributed by atoms with E-state index in [1.54, 1.807) is 13.0 Å². The molecule has 0 radical (unpaired) electrons. The maximum atomic E-state index is 10.5. The highest BCUT2D eigenvalue weighted by atomic mass is 16.4. The number of carboxylic acid groups (broad SMARTS) is 1. The van der Waals surface area contributed by atoms with E-state index in [4.69, 9.17) is 5.11 Å². The molecule has 3 nitrogen and oxygen atoms in total. The van der Waals surface area contributed by atoms with Crippen LogP contribution in [0, 0.1) is 5.41 Å². The zero-order valence-corrected chi connectivity index (χ0v) is 14.8. The summed E-state index contributed by atoms with van der Waals surface area (Å²) in [5.74, 6) is -0.937. The third-order valence-corrected chi connectivity index (χ3v) is 4.28. The van der Waals surface area contributed by atoms with E-state index in [1.165, 1.54) is 11.6 Å². The summed E-state index contributed by atoms with van der Waals surface area (Å²) in [6, 6.07) is 0. The van der Waals surface area contributed by atoms with Crippen LogP contribution in [0.15, 0.2) is 58.7 Å². The van der Waals surface area contributed by atoms with Gasteiger partial charge in [-0.3, -0.25) is 0 Å². The van der Waals surface area contributed by atoms with Gasteiger partial charge in [0.25, 0.3) is 0 Å². The molecule has 0 unspecified atom stereocenters. The number of aliphatic hydroxyl groups is 1. The first kappa shape index (κ1) is 19.2. The minimum absolute atomic E-state index is 0.0801. The van der Waals surface area contributed by atoms with Gasteiger partial charge in [0.05, 0.1) is 6.10 Å². The second-order valence-corrected chi connectivity index (χ2v) is 6.86. The van der Waals surface area contributed by atoms with Crippen LogP contribution in [-0.4, -0.2) is 22.3 Å². The number of rotatable bonds is 5. The van der Waals surface area contributed by atoms with Crippen molar-refractivity contribution in [3.05, 3.63) is 58.7 Å². The molecule has 0 amide bonds. The van der Waals surface area contributed by atoms with Gasteiger partial charge in [0.15, 0.2) is 0 Å². The van der Waals surface area contributed by atoms with Crippen molar-refractivity contribution in [3.63, 3.8) is 0 Å². The first-order chi connectivity index (χ1) is 10.6. The first-order valence-electron chi connectivity index (χ1n) is 7.97. The Hall–Kier alpha value is -1.87. The molecule has 126 valence electrons. The van der Waals surface area contributed by atoms with Crippen molar-refractivity contribution in [3.8, 4) is 0 Å². The molecule has 0 saturated carbocycles. The van der Waals surface area contributed by atoms with Gasteiger partial charge in [-0.25, -0.2) is 4.79 Å². The van der Waals surface area contributed by atoms with Gasteiger partial charge in [-0.15, -0.1) is 0 Å². The summed E-state index contributed by atoms with van der Waals surface area (Å²) < 4.78 is 0. The Kier molecular flexibility index (Phi) is 6.77. The van der Waals surface area contributed by atoms with E-state index in [1.807, 2.05) is 32.1 Å². The molecule has 2 N–H and O–H groups in total. The predicted molar refractivity (Wildman–Crippen MR) is 95.2 cm³/mol. The highest BCUT2D eigenvalue weighted by Crippen LogP contribution is 2.40. The molecule has 0 aliphatic heterocycles. The van der Waals surface area contributed by atoms with Gasteiger partial charge in [-0.2, -0.15) is 0 Å². The number of allylic oxidation sites excluding steroid dienone is 8. The lowest BCUT2D eigenvalue weighted by molar-refractivity contribution is -0.131. The van der Waals surface area contributed by atoms with Gasteiger partial charge in [0.1, 0.15) is 0 Å². The van der Waals surface area contributed by atoms with Crippen molar-refractivity contribution in [1.82, 2.24) is 0 Å². The van der Waals surface area contributed by atoms with Crippen LogP contribution in [0.3, 0.4) is 0 Å². The normalized spacial score (nSPS) is 23.1. The van der Waals surface area contributed by atoms with E-state index in [9.17, 15) is 9.90 Å². The molecular weight excluding hydrogens is 288 g/mol. The van der Waals surface area contributed by atoms with Crippen molar-refractivity contribution in [2.24, 2.45) is 5.41 Å². The van der Waals surface area contributed by atoms with Crippen LogP contribution in [0.2, 0.25) is 0 Å². The Morgan fingerprint density at radius 1 is 1.22 bits per heavy atom. The molecule has 0 fully saturated rings. The highest BCUT2D eigenvalue weighted by molar-refractivity contribution is 5.81. The second kappa shape index (κ2) is 8.11. The fraction of sp³-hybridized carbons (Fsp3) is 0.450. The van der Waals surface area contributed by atoms with Crippen LogP contribution in [0.5, 0.6) is 0 Å². The van der Waals surface area contributed by atoms with Crippen LogP contribution >= 0.6 is 0 Å². The predicted octanol–water partition coefficient (Wildman–Crippen LogP) is 4.57. The Morgan fingerprint density at radius 2 is 1.87 bits per heavy atom. The molecular formula is C20H28O3. The number of aliphatic hydroxyl groups excluding tert-OH is 1. The molecule has 3 heteroatoms. The maximum absolute atomic E-state index is 10.5. The van der Waals surface area contributed by atoms with Gasteiger partial charge in [-0.05, 0) is 55.7 Å². The molecule has 0 aromatic carbocycles. The monoisotopic (exact) mass is 316 g/mol.